The van der Waals surface area contributed by atoms with Gasteiger partial charge in [0.25, 0.3) is 0 Å². The van der Waals surface area contributed by atoms with E-state index >= 15 is 0 Å². The molecule has 3 heteroatoms. The van der Waals surface area contributed by atoms with Crippen molar-refractivity contribution in [2.75, 3.05) is 13.2 Å². The standard InChI is InChI=1S/C34H41BrO2/c1-4-7-10-11-16-25-23-31(36-21-8-5-2)33(28-19-14-12-17-26(25)28)34-29-20-15-13-18-27(29)30(35)24-32(34)37-22-9-6-3/h12-15,17-20,23-24H,4-11,16,21-22H2,1-3H3. The van der Waals surface area contributed by atoms with Gasteiger partial charge >= 0.3 is 0 Å². The molecule has 37 heavy (non-hydrogen) atoms. The van der Waals surface area contributed by atoms with Gasteiger partial charge < -0.3 is 9.47 Å². The Morgan fingerprint density at radius 1 is 0.568 bits per heavy atom. The van der Waals surface area contributed by atoms with Crippen molar-refractivity contribution in [2.45, 2.75) is 78.6 Å². The smallest absolute Gasteiger partial charge is 0.129 e. The first-order valence-corrected chi connectivity index (χ1v) is 15.0. The van der Waals surface area contributed by atoms with Crippen LogP contribution in [0.2, 0.25) is 0 Å². The third-order valence-electron chi connectivity index (χ3n) is 7.11. The molecule has 0 atom stereocenters. The summed E-state index contributed by atoms with van der Waals surface area (Å²) >= 11 is 3.82. The van der Waals surface area contributed by atoms with Crippen molar-refractivity contribution in [3.63, 3.8) is 0 Å². The fourth-order valence-corrected chi connectivity index (χ4v) is 5.63. The first kappa shape index (κ1) is 27.5. The van der Waals surface area contributed by atoms with Crippen LogP contribution >= 0.6 is 15.9 Å². The molecule has 0 aliphatic carbocycles. The fourth-order valence-electron chi connectivity index (χ4n) is 5.07. The average molecular weight is 562 g/mol. The molecule has 0 fully saturated rings. The van der Waals surface area contributed by atoms with Gasteiger partial charge in [-0.3, -0.25) is 0 Å². The van der Waals surface area contributed by atoms with Crippen LogP contribution in [0.5, 0.6) is 11.5 Å². The molecule has 0 aromatic heterocycles. The molecular formula is C34H41BrO2. The minimum Gasteiger partial charge on any atom is -0.493 e. The highest BCUT2D eigenvalue weighted by Crippen LogP contribution is 2.48. The number of aryl methyl sites for hydroxylation is 1. The highest BCUT2D eigenvalue weighted by atomic mass is 79.9. The number of unbranched alkanes of at least 4 members (excludes halogenated alkanes) is 5. The fraction of sp³-hybridized carbons (Fsp3) is 0.412. The molecule has 0 amide bonds. The Hall–Kier alpha value is -2.52. The zero-order valence-corrected chi connectivity index (χ0v) is 24.3. The zero-order valence-electron chi connectivity index (χ0n) is 22.7. The highest BCUT2D eigenvalue weighted by molar-refractivity contribution is 9.10. The summed E-state index contributed by atoms with van der Waals surface area (Å²) in [7, 11) is 0. The van der Waals surface area contributed by atoms with Crippen LogP contribution in [0.4, 0.5) is 0 Å². The van der Waals surface area contributed by atoms with Crippen LogP contribution in [0, 0.1) is 0 Å². The summed E-state index contributed by atoms with van der Waals surface area (Å²) in [6.07, 6.45) is 10.4. The van der Waals surface area contributed by atoms with Gasteiger partial charge in [0, 0.05) is 15.6 Å². The van der Waals surface area contributed by atoms with Gasteiger partial charge in [-0.1, -0.05) is 117 Å². The van der Waals surface area contributed by atoms with Crippen LogP contribution in [-0.2, 0) is 6.42 Å². The lowest BCUT2D eigenvalue weighted by molar-refractivity contribution is 0.306. The lowest BCUT2D eigenvalue weighted by Gasteiger charge is -2.22. The van der Waals surface area contributed by atoms with Crippen molar-refractivity contribution < 1.29 is 9.47 Å². The summed E-state index contributed by atoms with van der Waals surface area (Å²) in [6, 6.07) is 22.0. The van der Waals surface area contributed by atoms with Crippen LogP contribution in [0.1, 0.15) is 77.7 Å². The van der Waals surface area contributed by atoms with Crippen LogP contribution < -0.4 is 9.47 Å². The molecule has 196 valence electrons. The maximum absolute atomic E-state index is 6.60. The van der Waals surface area contributed by atoms with Crippen molar-refractivity contribution in [3.05, 3.63) is 70.7 Å². The van der Waals surface area contributed by atoms with E-state index in [9.17, 15) is 0 Å². The molecule has 0 unspecified atom stereocenters. The molecule has 0 aliphatic rings. The lowest BCUT2D eigenvalue weighted by Crippen LogP contribution is -2.04. The third kappa shape index (κ3) is 6.49. The number of rotatable bonds is 14. The van der Waals surface area contributed by atoms with Gasteiger partial charge in [-0.15, -0.1) is 0 Å². The quantitative estimate of drug-likeness (QED) is 0.143. The summed E-state index contributed by atoms with van der Waals surface area (Å²) in [5, 5.41) is 4.94. The molecule has 4 aromatic carbocycles. The van der Waals surface area contributed by atoms with Gasteiger partial charge in [-0.2, -0.15) is 0 Å². The Labute approximate surface area is 231 Å². The molecule has 0 N–H and O–H groups in total. The summed E-state index contributed by atoms with van der Waals surface area (Å²) in [5.41, 5.74) is 3.67. The van der Waals surface area contributed by atoms with Gasteiger partial charge in [0.05, 0.1) is 13.2 Å². The number of fused-ring (bicyclic) bond motifs is 2. The van der Waals surface area contributed by atoms with Crippen LogP contribution in [-0.4, -0.2) is 13.2 Å². The molecular weight excluding hydrogens is 520 g/mol. The predicted molar refractivity (Wildman–Crippen MR) is 163 cm³/mol. The molecule has 0 radical (unpaired) electrons. The number of ether oxygens (including phenoxy) is 2. The van der Waals surface area contributed by atoms with Crippen molar-refractivity contribution in [2.24, 2.45) is 0 Å². The third-order valence-corrected chi connectivity index (χ3v) is 7.77. The van der Waals surface area contributed by atoms with Crippen molar-refractivity contribution >= 4 is 37.5 Å². The van der Waals surface area contributed by atoms with E-state index in [1.54, 1.807) is 0 Å². The Balaban J connectivity index is 1.97. The molecule has 2 nitrogen and oxygen atoms in total. The van der Waals surface area contributed by atoms with Gasteiger partial charge in [0.15, 0.2) is 0 Å². The van der Waals surface area contributed by atoms with Crippen molar-refractivity contribution in [1.29, 1.82) is 0 Å². The molecule has 4 aromatic rings. The molecule has 0 heterocycles. The van der Waals surface area contributed by atoms with E-state index in [0.29, 0.717) is 6.61 Å². The molecule has 4 rings (SSSR count). The van der Waals surface area contributed by atoms with Crippen LogP contribution in [0.25, 0.3) is 32.7 Å². The number of hydrogen-bond acceptors (Lipinski definition) is 2. The molecule has 0 saturated heterocycles. The Bertz CT molecular complexity index is 1310. The van der Waals surface area contributed by atoms with Crippen LogP contribution in [0.15, 0.2) is 65.1 Å². The maximum atomic E-state index is 6.60. The summed E-state index contributed by atoms with van der Waals surface area (Å²) in [6.45, 7) is 8.11. The monoisotopic (exact) mass is 560 g/mol. The second kappa shape index (κ2) is 13.9. The molecule has 0 aliphatic heterocycles. The van der Waals surface area contributed by atoms with E-state index in [-0.39, 0.29) is 0 Å². The number of hydrogen-bond donors (Lipinski definition) is 0. The Morgan fingerprint density at radius 3 is 1.68 bits per heavy atom. The van der Waals surface area contributed by atoms with Crippen LogP contribution in [0.3, 0.4) is 0 Å². The highest BCUT2D eigenvalue weighted by Gasteiger charge is 2.22. The molecule has 0 bridgehead atoms. The van der Waals surface area contributed by atoms with E-state index in [1.165, 1.54) is 52.8 Å². The molecule has 0 spiro atoms. The van der Waals surface area contributed by atoms with E-state index < -0.39 is 0 Å². The summed E-state index contributed by atoms with van der Waals surface area (Å²) in [4.78, 5) is 0. The van der Waals surface area contributed by atoms with Gasteiger partial charge in [0.1, 0.15) is 11.5 Å². The normalized spacial score (nSPS) is 11.4. The second-order valence-corrected chi connectivity index (χ2v) is 10.8. The number of halogens is 1. The SMILES string of the molecule is CCCCCCc1cc(OCCCC)c(-c2c(OCCCC)cc(Br)c3ccccc23)c2ccccc12. The largest absolute Gasteiger partial charge is 0.493 e. The first-order valence-electron chi connectivity index (χ1n) is 14.2. The Kier molecular flexibility index (Phi) is 10.3. The number of benzene rings is 4. The minimum atomic E-state index is 0.702. The zero-order chi connectivity index (χ0) is 26.0. The lowest BCUT2D eigenvalue weighted by atomic mass is 9.89. The van der Waals surface area contributed by atoms with Crippen molar-refractivity contribution in [3.8, 4) is 22.6 Å². The van der Waals surface area contributed by atoms with E-state index in [4.69, 9.17) is 9.47 Å². The van der Waals surface area contributed by atoms with Gasteiger partial charge in [-0.05, 0) is 64.9 Å². The first-order chi connectivity index (χ1) is 18.2. The predicted octanol–water partition coefficient (Wildman–Crippen LogP) is 10.9. The maximum Gasteiger partial charge on any atom is 0.129 e. The topological polar surface area (TPSA) is 18.5 Å². The minimum absolute atomic E-state index is 0.702. The second-order valence-electron chi connectivity index (χ2n) is 9.95. The van der Waals surface area contributed by atoms with E-state index in [1.807, 2.05) is 0 Å². The average Bonchev–Trinajstić information content (AvgIpc) is 2.92. The summed E-state index contributed by atoms with van der Waals surface area (Å²) in [5.74, 6) is 1.89. The van der Waals surface area contributed by atoms with Crippen molar-refractivity contribution in [1.82, 2.24) is 0 Å². The van der Waals surface area contributed by atoms with Gasteiger partial charge in [-0.25, -0.2) is 0 Å². The Morgan fingerprint density at radius 2 is 1.08 bits per heavy atom. The van der Waals surface area contributed by atoms with E-state index in [2.05, 4.69) is 97.4 Å². The molecule has 0 saturated carbocycles. The van der Waals surface area contributed by atoms with E-state index in [0.717, 1.165) is 65.8 Å². The van der Waals surface area contributed by atoms with Gasteiger partial charge in [0.2, 0.25) is 0 Å². The summed E-state index contributed by atoms with van der Waals surface area (Å²) < 4.78 is 14.1.